The molecule has 1 atom stereocenters. The molecule has 1 aliphatic heterocycles. The summed E-state index contributed by atoms with van der Waals surface area (Å²) in [5.74, 6) is 0.443. The van der Waals surface area contributed by atoms with Gasteiger partial charge in [-0.2, -0.15) is 5.10 Å². The van der Waals surface area contributed by atoms with E-state index in [1.54, 1.807) is 29.2 Å². The molecular formula is C13H14FN3O. The maximum absolute atomic E-state index is 13.1. The molecule has 0 amide bonds. The van der Waals surface area contributed by atoms with E-state index in [1.165, 1.54) is 12.1 Å². The zero-order chi connectivity index (χ0) is 12.4. The molecule has 1 aliphatic rings. The van der Waals surface area contributed by atoms with Crippen LogP contribution in [-0.2, 0) is 0 Å². The van der Waals surface area contributed by atoms with E-state index in [2.05, 4.69) is 10.4 Å². The van der Waals surface area contributed by atoms with Crippen molar-refractivity contribution in [3.8, 4) is 11.4 Å². The van der Waals surface area contributed by atoms with E-state index in [4.69, 9.17) is 4.74 Å². The van der Waals surface area contributed by atoms with Crippen molar-refractivity contribution in [2.45, 2.75) is 12.5 Å². The lowest BCUT2D eigenvalue weighted by molar-refractivity contribution is 0.223. The van der Waals surface area contributed by atoms with Crippen LogP contribution >= 0.6 is 0 Å². The normalized spacial score (nSPS) is 19.1. The molecule has 0 aliphatic carbocycles. The van der Waals surface area contributed by atoms with E-state index in [0.717, 1.165) is 19.5 Å². The molecule has 1 N–H and O–H groups in total. The van der Waals surface area contributed by atoms with Gasteiger partial charge in [0.25, 0.3) is 0 Å². The molecule has 3 rings (SSSR count). The Labute approximate surface area is 104 Å². The molecule has 5 heteroatoms. The first kappa shape index (κ1) is 11.2. The maximum Gasteiger partial charge on any atom is 0.158 e. The first-order valence-electron chi connectivity index (χ1n) is 5.99. The lowest BCUT2D eigenvalue weighted by Gasteiger charge is -2.09. The van der Waals surface area contributed by atoms with Gasteiger partial charge in [0.15, 0.2) is 5.75 Å². The van der Waals surface area contributed by atoms with Crippen molar-refractivity contribution in [2.75, 3.05) is 13.1 Å². The smallest absolute Gasteiger partial charge is 0.158 e. The van der Waals surface area contributed by atoms with E-state index < -0.39 is 0 Å². The van der Waals surface area contributed by atoms with Gasteiger partial charge in [0.1, 0.15) is 11.9 Å². The van der Waals surface area contributed by atoms with E-state index in [-0.39, 0.29) is 11.9 Å². The average molecular weight is 247 g/mol. The highest BCUT2D eigenvalue weighted by atomic mass is 19.1. The summed E-state index contributed by atoms with van der Waals surface area (Å²) in [5, 5.41) is 7.41. The van der Waals surface area contributed by atoms with Crippen molar-refractivity contribution in [3.05, 3.63) is 42.5 Å². The van der Waals surface area contributed by atoms with Crippen molar-refractivity contribution >= 4 is 0 Å². The summed E-state index contributed by atoms with van der Waals surface area (Å²) >= 11 is 0. The second-order valence-corrected chi connectivity index (χ2v) is 4.33. The molecule has 0 bridgehead atoms. The van der Waals surface area contributed by atoms with Gasteiger partial charge in [0, 0.05) is 6.54 Å². The number of nitrogens with zero attached hydrogens (tertiary/aromatic N) is 2. The standard InChI is InChI=1S/C13H14FN3O/c14-10-2-1-3-11(6-10)17-9-13(8-16-17)18-12-4-5-15-7-12/h1-3,6,8-9,12,15H,4-5,7H2. The molecule has 94 valence electrons. The van der Waals surface area contributed by atoms with Gasteiger partial charge in [-0.25, -0.2) is 9.07 Å². The van der Waals surface area contributed by atoms with Crippen LogP contribution in [0.4, 0.5) is 4.39 Å². The van der Waals surface area contributed by atoms with E-state index >= 15 is 0 Å². The van der Waals surface area contributed by atoms with Crippen molar-refractivity contribution in [1.29, 1.82) is 0 Å². The second kappa shape index (κ2) is 4.78. The summed E-state index contributed by atoms with van der Waals surface area (Å²) in [6, 6.07) is 6.31. The molecule has 1 aromatic carbocycles. The second-order valence-electron chi connectivity index (χ2n) is 4.33. The van der Waals surface area contributed by atoms with Gasteiger partial charge in [-0.15, -0.1) is 0 Å². The largest absolute Gasteiger partial charge is 0.486 e. The van der Waals surface area contributed by atoms with Crippen LogP contribution in [0.15, 0.2) is 36.7 Å². The minimum absolute atomic E-state index is 0.204. The molecule has 0 radical (unpaired) electrons. The molecule has 1 aromatic heterocycles. The molecule has 0 saturated carbocycles. The molecular weight excluding hydrogens is 233 g/mol. The fraction of sp³-hybridized carbons (Fsp3) is 0.308. The monoisotopic (exact) mass is 247 g/mol. The van der Waals surface area contributed by atoms with Gasteiger partial charge in [-0.05, 0) is 31.2 Å². The van der Waals surface area contributed by atoms with Crippen LogP contribution in [0.25, 0.3) is 5.69 Å². The first-order valence-corrected chi connectivity index (χ1v) is 5.99. The Balaban J connectivity index is 1.76. The molecule has 1 fully saturated rings. The molecule has 18 heavy (non-hydrogen) atoms. The van der Waals surface area contributed by atoms with Crippen molar-refractivity contribution < 1.29 is 9.13 Å². The summed E-state index contributed by atoms with van der Waals surface area (Å²) < 4.78 is 20.5. The third-order valence-corrected chi connectivity index (χ3v) is 2.95. The third-order valence-electron chi connectivity index (χ3n) is 2.95. The van der Waals surface area contributed by atoms with Crippen LogP contribution in [0.5, 0.6) is 5.75 Å². The zero-order valence-electron chi connectivity index (χ0n) is 9.84. The average Bonchev–Trinajstić information content (AvgIpc) is 3.01. The number of nitrogens with one attached hydrogen (secondary N) is 1. The number of aromatic nitrogens is 2. The van der Waals surface area contributed by atoms with Gasteiger partial charge in [-0.1, -0.05) is 6.07 Å². The number of ether oxygens (including phenoxy) is 1. The van der Waals surface area contributed by atoms with Crippen LogP contribution in [0, 0.1) is 5.82 Å². The summed E-state index contributed by atoms with van der Waals surface area (Å²) in [6.07, 6.45) is 4.64. The van der Waals surface area contributed by atoms with Crippen molar-refractivity contribution in [1.82, 2.24) is 15.1 Å². The summed E-state index contributed by atoms with van der Waals surface area (Å²) in [6.45, 7) is 1.86. The van der Waals surface area contributed by atoms with Gasteiger partial charge < -0.3 is 10.1 Å². The Morgan fingerprint density at radius 3 is 3.17 bits per heavy atom. The maximum atomic E-state index is 13.1. The molecule has 4 nitrogen and oxygen atoms in total. The Morgan fingerprint density at radius 2 is 2.39 bits per heavy atom. The SMILES string of the molecule is Fc1cccc(-n2cc(OC3CCNC3)cn2)c1. The Bertz CT molecular complexity index is 535. The topological polar surface area (TPSA) is 39.1 Å². The minimum Gasteiger partial charge on any atom is -0.486 e. The predicted molar refractivity (Wildman–Crippen MR) is 65.4 cm³/mol. The highest BCUT2D eigenvalue weighted by Crippen LogP contribution is 2.17. The minimum atomic E-state index is -0.273. The van der Waals surface area contributed by atoms with Crippen molar-refractivity contribution in [2.24, 2.45) is 0 Å². The Kier molecular flexibility index (Phi) is 2.98. The quantitative estimate of drug-likeness (QED) is 0.898. The van der Waals surface area contributed by atoms with Crippen LogP contribution in [0.3, 0.4) is 0 Å². The summed E-state index contributed by atoms with van der Waals surface area (Å²) in [5.41, 5.74) is 0.689. The number of benzene rings is 1. The molecule has 0 spiro atoms. The van der Waals surface area contributed by atoms with Crippen LogP contribution < -0.4 is 10.1 Å². The third kappa shape index (κ3) is 2.36. The first-order chi connectivity index (χ1) is 8.81. The fourth-order valence-corrected chi connectivity index (χ4v) is 2.05. The van der Waals surface area contributed by atoms with E-state index in [9.17, 15) is 4.39 Å². The fourth-order valence-electron chi connectivity index (χ4n) is 2.05. The number of rotatable bonds is 3. The van der Waals surface area contributed by atoms with Gasteiger partial charge in [0.05, 0.1) is 18.1 Å². The van der Waals surface area contributed by atoms with Crippen LogP contribution in [0.2, 0.25) is 0 Å². The summed E-state index contributed by atoms with van der Waals surface area (Å²) in [4.78, 5) is 0. The summed E-state index contributed by atoms with van der Waals surface area (Å²) in [7, 11) is 0. The van der Waals surface area contributed by atoms with Gasteiger partial charge in [-0.3, -0.25) is 0 Å². The predicted octanol–water partition coefficient (Wildman–Crippen LogP) is 1.75. The highest BCUT2D eigenvalue weighted by molar-refractivity contribution is 5.32. The molecule has 2 heterocycles. The van der Waals surface area contributed by atoms with E-state index in [1.807, 2.05) is 0 Å². The Morgan fingerprint density at radius 1 is 1.44 bits per heavy atom. The molecule has 1 saturated heterocycles. The van der Waals surface area contributed by atoms with E-state index in [0.29, 0.717) is 11.4 Å². The Hall–Kier alpha value is -1.88. The van der Waals surface area contributed by atoms with Crippen LogP contribution in [-0.4, -0.2) is 29.0 Å². The van der Waals surface area contributed by atoms with Crippen molar-refractivity contribution in [3.63, 3.8) is 0 Å². The van der Waals surface area contributed by atoms with Gasteiger partial charge >= 0.3 is 0 Å². The zero-order valence-corrected chi connectivity index (χ0v) is 9.84. The number of halogens is 1. The number of hydrogen-bond donors (Lipinski definition) is 1. The molecule has 1 unspecified atom stereocenters. The van der Waals surface area contributed by atoms with Gasteiger partial charge in [0.2, 0.25) is 0 Å². The van der Waals surface area contributed by atoms with Crippen LogP contribution in [0.1, 0.15) is 6.42 Å². The molecule has 2 aromatic rings. The lowest BCUT2D eigenvalue weighted by Crippen LogP contribution is -2.19. The number of hydrogen-bond acceptors (Lipinski definition) is 3. The highest BCUT2D eigenvalue weighted by Gasteiger charge is 2.16. The lowest BCUT2D eigenvalue weighted by atomic mass is 10.3.